The van der Waals surface area contributed by atoms with Crippen LogP contribution in [-0.4, -0.2) is 47.6 Å². The Labute approximate surface area is 196 Å². The highest BCUT2D eigenvalue weighted by atomic mass is 19.4. The Morgan fingerprint density at radius 2 is 2.00 bits per heavy atom. The summed E-state index contributed by atoms with van der Waals surface area (Å²) in [5, 5.41) is 9.26. The van der Waals surface area contributed by atoms with Crippen LogP contribution in [0.25, 0.3) is 11.5 Å². The number of aromatic nitrogens is 1. The fraction of sp³-hybridized carbons (Fsp3) is 0.583. The molecule has 0 aliphatic heterocycles. The van der Waals surface area contributed by atoms with Gasteiger partial charge >= 0.3 is 12.1 Å². The second-order valence-corrected chi connectivity index (χ2v) is 8.35. The summed E-state index contributed by atoms with van der Waals surface area (Å²) in [6.45, 7) is 4.09. The zero-order chi connectivity index (χ0) is 24.7. The zero-order valence-corrected chi connectivity index (χ0v) is 19.3. The molecule has 2 aromatic rings. The number of oxazole rings is 1. The minimum absolute atomic E-state index is 0.0184. The van der Waals surface area contributed by atoms with Crippen molar-refractivity contribution < 1.29 is 41.7 Å². The second-order valence-electron chi connectivity index (χ2n) is 8.35. The van der Waals surface area contributed by atoms with Gasteiger partial charge in [-0.3, -0.25) is 0 Å². The van der Waals surface area contributed by atoms with E-state index in [0.29, 0.717) is 24.5 Å². The summed E-state index contributed by atoms with van der Waals surface area (Å²) in [5.74, 6) is -0.456. The molecule has 0 spiro atoms. The first-order valence-corrected chi connectivity index (χ1v) is 11.4. The maximum atomic E-state index is 13.0. The molecule has 188 valence electrons. The van der Waals surface area contributed by atoms with Gasteiger partial charge in [0.1, 0.15) is 11.5 Å². The van der Waals surface area contributed by atoms with Crippen molar-refractivity contribution in [1.29, 1.82) is 0 Å². The summed E-state index contributed by atoms with van der Waals surface area (Å²) in [7, 11) is 0. The molecule has 3 rings (SSSR count). The van der Waals surface area contributed by atoms with E-state index in [-0.39, 0.29) is 36.9 Å². The van der Waals surface area contributed by atoms with Crippen LogP contribution in [0.2, 0.25) is 0 Å². The predicted octanol–water partition coefficient (Wildman–Crippen LogP) is 5.39. The number of benzene rings is 1. The molecule has 1 aliphatic carbocycles. The zero-order valence-electron chi connectivity index (χ0n) is 19.3. The normalized spacial score (nSPS) is 19.8. The number of aryl methyl sites for hydroxylation is 1. The molecule has 0 saturated heterocycles. The number of hydrogen-bond donors (Lipinski definition) is 1. The Bertz CT molecular complexity index is 945. The Balaban J connectivity index is 1.54. The van der Waals surface area contributed by atoms with E-state index in [9.17, 15) is 23.1 Å². The topological polar surface area (TPSA) is 91.0 Å². The molecule has 7 nitrogen and oxygen atoms in total. The summed E-state index contributed by atoms with van der Waals surface area (Å²) >= 11 is 0. The smallest absolute Gasteiger partial charge is 0.416 e. The highest BCUT2D eigenvalue weighted by Crippen LogP contribution is 2.32. The lowest BCUT2D eigenvalue weighted by atomic mass is 9.95. The average molecular weight is 485 g/mol. The van der Waals surface area contributed by atoms with Crippen LogP contribution >= 0.6 is 0 Å². The highest BCUT2D eigenvalue weighted by Gasteiger charge is 2.31. The number of aliphatic carboxylic acids is 1. The van der Waals surface area contributed by atoms with Crippen molar-refractivity contribution in [3.8, 4) is 11.5 Å². The molecular formula is C24H30F3NO6. The van der Waals surface area contributed by atoms with Gasteiger partial charge < -0.3 is 23.7 Å². The van der Waals surface area contributed by atoms with Gasteiger partial charge in [-0.25, -0.2) is 9.78 Å². The summed E-state index contributed by atoms with van der Waals surface area (Å²) in [5.41, 5.74) is 0.0000687. The number of alkyl halides is 3. The third kappa shape index (κ3) is 7.28. The third-order valence-electron chi connectivity index (χ3n) is 5.65. The van der Waals surface area contributed by atoms with Gasteiger partial charge in [-0.15, -0.1) is 0 Å². The molecule has 0 radical (unpaired) electrons. The van der Waals surface area contributed by atoms with Gasteiger partial charge in [0, 0.05) is 12.2 Å². The number of halogens is 3. The third-order valence-corrected chi connectivity index (χ3v) is 5.65. The minimum Gasteiger partial charge on any atom is -0.479 e. The highest BCUT2D eigenvalue weighted by molar-refractivity contribution is 5.72. The Morgan fingerprint density at radius 1 is 1.26 bits per heavy atom. The van der Waals surface area contributed by atoms with E-state index in [4.69, 9.17) is 18.6 Å². The number of nitrogens with zero attached hydrogens (tertiary/aromatic N) is 1. The van der Waals surface area contributed by atoms with Crippen LogP contribution < -0.4 is 0 Å². The molecule has 1 heterocycles. The van der Waals surface area contributed by atoms with E-state index in [1.165, 1.54) is 12.1 Å². The molecule has 3 atom stereocenters. The molecule has 34 heavy (non-hydrogen) atoms. The number of carboxylic acids is 1. The minimum atomic E-state index is -4.45. The van der Waals surface area contributed by atoms with Gasteiger partial charge in [-0.2, -0.15) is 13.2 Å². The molecule has 1 aromatic heterocycles. The number of carboxylic acid groups (broad SMARTS) is 1. The van der Waals surface area contributed by atoms with Gasteiger partial charge in [0.25, 0.3) is 0 Å². The van der Waals surface area contributed by atoms with Gasteiger partial charge in [0.15, 0.2) is 6.10 Å². The first kappa shape index (κ1) is 26.2. The number of ether oxygens (including phenoxy) is 3. The van der Waals surface area contributed by atoms with E-state index >= 15 is 0 Å². The van der Waals surface area contributed by atoms with Crippen molar-refractivity contribution in [2.45, 2.75) is 77.0 Å². The molecule has 1 N–H and O–H groups in total. The van der Waals surface area contributed by atoms with Crippen molar-refractivity contribution in [2.75, 3.05) is 13.2 Å². The lowest BCUT2D eigenvalue weighted by Crippen LogP contribution is -2.34. The van der Waals surface area contributed by atoms with Crippen LogP contribution in [0.15, 0.2) is 28.7 Å². The Hall–Kier alpha value is -2.43. The molecular weight excluding hydrogens is 455 g/mol. The standard InChI is InChI=1S/C24H30F3NO6/c1-3-10-31-21(23(29)30)14-33-19-9-5-8-18(12-19)32-13-20-15(2)34-22(28-20)16-6-4-7-17(11-16)24(25,26)27/h4,6-7,11,18-19,21H,3,5,8-10,12-14H2,1-2H3,(H,29,30). The molecule has 0 bridgehead atoms. The summed E-state index contributed by atoms with van der Waals surface area (Å²) in [6, 6.07) is 4.84. The van der Waals surface area contributed by atoms with Crippen molar-refractivity contribution in [3.63, 3.8) is 0 Å². The van der Waals surface area contributed by atoms with Crippen LogP contribution in [0.4, 0.5) is 13.2 Å². The molecule has 0 amide bonds. The quantitative estimate of drug-likeness (QED) is 0.456. The van der Waals surface area contributed by atoms with Crippen molar-refractivity contribution in [2.24, 2.45) is 0 Å². The Morgan fingerprint density at radius 3 is 2.68 bits per heavy atom. The molecule has 1 saturated carbocycles. The molecule has 1 aliphatic rings. The van der Waals surface area contributed by atoms with Gasteiger partial charge in [-0.05, 0) is 57.2 Å². The van der Waals surface area contributed by atoms with E-state index < -0.39 is 23.8 Å². The monoisotopic (exact) mass is 485 g/mol. The number of hydrogen-bond acceptors (Lipinski definition) is 6. The van der Waals surface area contributed by atoms with Crippen molar-refractivity contribution >= 4 is 5.97 Å². The average Bonchev–Trinajstić information content (AvgIpc) is 3.18. The van der Waals surface area contributed by atoms with Crippen LogP contribution in [0.1, 0.15) is 56.0 Å². The van der Waals surface area contributed by atoms with Gasteiger partial charge in [0.2, 0.25) is 5.89 Å². The summed E-state index contributed by atoms with van der Waals surface area (Å²) < 4.78 is 61.7. The first-order valence-electron chi connectivity index (χ1n) is 11.4. The maximum Gasteiger partial charge on any atom is 0.416 e. The largest absolute Gasteiger partial charge is 0.479 e. The van der Waals surface area contributed by atoms with E-state index in [1.54, 1.807) is 6.92 Å². The summed E-state index contributed by atoms with van der Waals surface area (Å²) in [6.07, 6.45) is -1.84. The maximum absolute atomic E-state index is 13.0. The lowest BCUT2D eigenvalue weighted by molar-refractivity contribution is -0.157. The number of rotatable bonds is 11. The Kier molecular flexibility index (Phi) is 9.10. The van der Waals surface area contributed by atoms with E-state index in [0.717, 1.165) is 37.8 Å². The van der Waals surface area contributed by atoms with Gasteiger partial charge in [0.05, 0.1) is 31.0 Å². The first-order chi connectivity index (χ1) is 16.2. The summed E-state index contributed by atoms with van der Waals surface area (Å²) in [4.78, 5) is 15.6. The van der Waals surface area contributed by atoms with Crippen molar-refractivity contribution in [1.82, 2.24) is 4.98 Å². The molecule has 1 aromatic carbocycles. The molecule has 1 fully saturated rings. The fourth-order valence-electron chi connectivity index (χ4n) is 3.79. The van der Waals surface area contributed by atoms with Crippen LogP contribution in [0.3, 0.4) is 0 Å². The lowest BCUT2D eigenvalue weighted by Gasteiger charge is -2.29. The van der Waals surface area contributed by atoms with Gasteiger partial charge in [-0.1, -0.05) is 13.0 Å². The van der Waals surface area contributed by atoms with E-state index in [2.05, 4.69) is 4.98 Å². The molecule has 10 heteroatoms. The van der Waals surface area contributed by atoms with Crippen LogP contribution in [0.5, 0.6) is 0 Å². The number of carbonyl (C=O) groups is 1. The fourth-order valence-corrected chi connectivity index (χ4v) is 3.79. The molecule has 3 unspecified atom stereocenters. The van der Waals surface area contributed by atoms with Crippen LogP contribution in [0, 0.1) is 6.92 Å². The van der Waals surface area contributed by atoms with Crippen LogP contribution in [-0.2, 0) is 31.8 Å². The second kappa shape index (κ2) is 11.8. The van der Waals surface area contributed by atoms with Crippen molar-refractivity contribution in [3.05, 3.63) is 41.3 Å². The SMILES string of the molecule is CCCOC(COC1CCCC(OCc2nc(-c3cccc(C(F)(F)F)c3)oc2C)C1)C(=O)O. The predicted molar refractivity (Wildman–Crippen MR) is 116 cm³/mol. The van der Waals surface area contributed by atoms with E-state index in [1.807, 2.05) is 6.92 Å².